The van der Waals surface area contributed by atoms with Crippen molar-refractivity contribution in [1.82, 2.24) is 9.66 Å². The first kappa shape index (κ1) is 19.7. The van der Waals surface area contributed by atoms with Gasteiger partial charge in [-0.2, -0.15) is 19.9 Å². The quantitative estimate of drug-likeness (QED) is 0.614. The SMILES string of the molecule is CCCc1nc2ccccc2c(=O)n1N=CC1C(=O)N(c2ccc(C)cc2)N=C1C. The molecule has 0 spiro atoms. The van der Waals surface area contributed by atoms with E-state index in [1.54, 1.807) is 19.1 Å². The number of nitrogens with zero attached hydrogens (tertiary/aromatic N) is 5. The molecule has 0 N–H and O–H groups in total. The van der Waals surface area contributed by atoms with E-state index < -0.39 is 5.92 Å². The van der Waals surface area contributed by atoms with Crippen LogP contribution in [-0.4, -0.2) is 27.5 Å². The molecule has 7 nitrogen and oxygen atoms in total. The van der Waals surface area contributed by atoms with Crippen LogP contribution in [0.5, 0.6) is 0 Å². The zero-order chi connectivity index (χ0) is 21.3. The van der Waals surface area contributed by atoms with Crippen molar-refractivity contribution >= 4 is 34.4 Å². The fourth-order valence-electron chi connectivity index (χ4n) is 3.43. The van der Waals surface area contributed by atoms with E-state index in [2.05, 4.69) is 15.2 Å². The molecule has 1 aliphatic heterocycles. The largest absolute Gasteiger partial charge is 0.282 e. The third kappa shape index (κ3) is 3.54. The Labute approximate surface area is 174 Å². The summed E-state index contributed by atoms with van der Waals surface area (Å²) in [4.78, 5) is 30.5. The minimum absolute atomic E-state index is 0.195. The van der Waals surface area contributed by atoms with E-state index in [1.807, 2.05) is 50.2 Å². The zero-order valence-corrected chi connectivity index (χ0v) is 17.2. The second kappa shape index (κ2) is 8.02. The van der Waals surface area contributed by atoms with Crippen molar-refractivity contribution < 1.29 is 4.79 Å². The summed E-state index contributed by atoms with van der Waals surface area (Å²) in [6, 6.07) is 14.8. The molecule has 7 heteroatoms. The number of amides is 1. The summed E-state index contributed by atoms with van der Waals surface area (Å²) in [5.74, 6) is -0.244. The molecule has 1 atom stereocenters. The van der Waals surface area contributed by atoms with Gasteiger partial charge in [0.15, 0.2) is 0 Å². The number of hydrogen-bond acceptors (Lipinski definition) is 5. The van der Waals surface area contributed by atoms with Gasteiger partial charge in [-0.1, -0.05) is 36.8 Å². The minimum atomic E-state index is -0.626. The van der Waals surface area contributed by atoms with Crippen LogP contribution in [0.1, 0.15) is 31.7 Å². The minimum Gasteiger partial charge on any atom is -0.271 e. The summed E-state index contributed by atoms with van der Waals surface area (Å²) in [5, 5.41) is 10.7. The van der Waals surface area contributed by atoms with E-state index >= 15 is 0 Å². The lowest BCUT2D eigenvalue weighted by atomic mass is 10.1. The average molecular weight is 401 g/mol. The van der Waals surface area contributed by atoms with Crippen molar-refractivity contribution in [3.05, 3.63) is 70.3 Å². The number of fused-ring (bicyclic) bond motifs is 1. The molecule has 4 rings (SSSR count). The van der Waals surface area contributed by atoms with Gasteiger partial charge in [-0.15, -0.1) is 0 Å². The summed E-state index contributed by atoms with van der Waals surface area (Å²) in [6.07, 6.45) is 2.93. The van der Waals surface area contributed by atoms with Crippen molar-refractivity contribution in [2.45, 2.75) is 33.6 Å². The Bertz CT molecular complexity index is 1220. The molecule has 2 aromatic carbocycles. The molecule has 30 heavy (non-hydrogen) atoms. The highest BCUT2D eigenvalue weighted by Gasteiger charge is 2.33. The molecule has 0 fully saturated rings. The molecule has 0 bridgehead atoms. The van der Waals surface area contributed by atoms with Crippen LogP contribution >= 0.6 is 0 Å². The third-order valence-electron chi connectivity index (χ3n) is 5.09. The number of carbonyl (C=O) groups excluding carboxylic acids is 1. The monoisotopic (exact) mass is 401 g/mol. The Balaban J connectivity index is 1.69. The molecule has 0 aliphatic carbocycles. The number of rotatable bonds is 5. The maximum absolute atomic E-state index is 13.0. The molecular formula is C23H23N5O2. The number of para-hydroxylation sites is 1. The van der Waals surface area contributed by atoms with E-state index in [4.69, 9.17) is 0 Å². The summed E-state index contributed by atoms with van der Waals surface area (Å²) in [6.45, 7) is 5.80. The van der Waals surface area contributed by atoms with Crippen LogP contribution < -0.4 is 10.6 Å². The van der Waals surface area contributed by atoms with Gasteiger partial charge >= 0.3 is 0 Å². The Hall–Kier alpha value is -3.61. The van der Waals surface area contributed by atoms with Gasteiger partial charge in [0, 0.05) is 12.6 Å². The number of aromatic nitrogens is 2. The molecule has 1 aliphatic rings. The summed E-state index contributed by atoms with van der Waals surface area (Å²) in [5.41, 5.74) is 2.85. The van der Waals surface area contributed by atoms with Crippen LogP contribution in [0.3, 0.4) is 0 Å². The summed E-state index contributed by atoms with van der Waals surface area (Å²) >= 11 is 0. The van der Waals surface area contributed by atoms with Crippen LogP contribution in [0.15, 0.2) is 63.5 Å². The van der Waals surface area contributed by atoms with Crippen LogP contribution in [0.4, 0.5) is 5.69 Å². The lowest BCUT2D eigenvalue weighted by Crippen LogP contribution is -2.29. The fraction of sp³-hybridized carbons (Fsp3) is 0.261. The highest BCUT2D eigenvalue weighted by atomic mass is 16.2. The number of anilines is 1. The van der Waals surface area contributed by atoms with Crippen molar-refractivity contribution in [3.8, 4) is 0 Å². The van der Waals surface area contributed by atoms with E-state index in [1.165, 1.54) is 15.9 Å². The van der Waals surface area contributed by atoms with E-state index in [-0.39, 0.29) is 11.5 Å². The Kier molecular flexibility index (Phi) is 5.27. The first-order chi connectivity index (χ1) is 14.5. The highest BCUT2D eigenvalue weighted by Crippen LogP contribution is 2.23. The average Bonchev–Trinajstić information content (AvgIpc) is 3.02. The topological polar surface area (TPSA) is 79.9 Å². The van der Waals surface area contributed by atoms with Gasteiger partial charge in [-0.25, -0.2) is 4.98 Å². The third-order valence-corrected chi connectivity index (χ3v) is 5.09. The summed E-state index contributed by atoms with van der Waals surface area (Å²) < 4.78 is 1.31. The van der Waals surface area contributed by atoms with Crippen molar-refractivity contribution in [2.24, 2.45) is 16.1 Å². The molecule has 152 valence electrons. The molecular weight excluding hydrogens is 378 g/mol. The standard InChI is InChI=1S/C23H23N5O2/c1-4-7-21-25-20-9-6-5-8-18(20)22(29)28(21)24-14-19-16(3)26-27(23(19)30)17-12-10-15(2)11-13-17/h5-6,8-14,19H,4,7H2,1-3H3. The van der Waals surface area contributed by atoms with Crippen LogP contribution in [0.25, 0.3) is 10.9 Å². The molecule has 0 radical (unpaired) electrons. The van der Waals surface area contributed by atoms with E-state index in [0.29, 0.717) is 34.5 Å². The molecule has 0 saturated carbocycles. The molecule has 1 unspecified atom stereocenters. The highest BCUT2D eigenvalue weighted by molar-refractivity contribution is 6.23. The number of hydrazone groups is 1. The predicted molar refractivity (Wildman–Crippen MR) is 119 cm³/mol. The van der Waals surface area contributed by atoms with Crippen LogP contribution in [0.2, 0.25) is 0 Å². The van der Waals surface area contributed by atoms with E-state index in [9.17, 15) is 9.59 Å². The first-order valence-electron chi connectivity index (χ1n) is 10.0. The number of hydrogen-bond donors (Lipinski definition) is 0. The second-order valence-electron chi connectivity index (χ2n) is 7.38. The maximum Gasteiger partial charge on any atom is 0.282 e. The van der Waals surface area contributed by atoms with Gasteiger partial charge in [-0.3, -0.25) is 9.59 Å². The number of aryl methyl sites for hydroxylation is 2. The Morgan fingerprint density at radius 2 is 1.80 bits per heavy atom. The van der Waals surface area contributed by atoms with Crippen molar-refractivity contribution in [3.63, 3.8) is 0 Å². The van der Waals surface area contributed by atoms with Gasteiger partial charge in [0.25, 0.3) is 11.5 Å². The molecule has 1 amide bonds. The van der Waals surface area contributed by atoms with E-state index in [0.717, 1.165) is 12.0 Å². The van der Waals surface area contributed by atoms with Gasteiger partial charge in [0.1, 0.15) is 11.7 Å². The number of carbonyl (C=O) groups is 1. The van der Waals surface area contributed by atoms with Gasteiger partial charge < -0.3 is 0 Å². The van der Waals surface area contributed by atoms with Crippen molar-refractivity contribution in [2.75, 3.05) is 5.01 Å². The van der Waals surface area contributed by atoms with Gasteiger partial charge in [-0.05, 0) is 44.5 Å². The molecule has 2 heterocycles. The molecule has 1 aromatic heterocycles. The zero-order valence-electron chi connectivity index (χ0n) is 17.2. The lowest BCUT2D eigenvalue weighted by Gasteiger charge is -2.13. The molecule has 3 aromatic rings. The van der Waals surface area contributed by atoms with Crippen LogP contribution in [-0.2, 0) is 11.2 Å². The normalized spacial score (nSPS) is 16.6. The Morgan fingerprint density at radius 1 is 1.07 bits per heavy atom. The fourth-order valence-corrected chi connectivity index (χ4v) is 3.43. The van der Waals surface area contributed by atoms with Gasteiger partial charge in [0.05, 0.1) is 22.3 Å². The Morgan fingerprint density at radius 3 is 2.53 bits per heavy atom. The maximum atomic E-state index is 13.0. The van der Waals surface area contributed by atoms with Crippen molar-refractivity contribution in [1.29, 1.82) is 0 Å². The smallest absolute Gasteiger partial charge is 0.271 e. The predicted octanol–water partition coefficient (Wildman–Crippen LogP) is 3.53. The summed E-state index contributed by atoms with van der Waals surface area (Å²) in [7, 11) is 0. The lowest BCUT2D eigenvalue weighted by molar-refractivity contribution is -0.118. The first-order valence-corrected chi connectivity index (χ1v) is 10.0. The molecule has 0 saturated heterocycles. The number of benzene rings is 2. The van der Waals surface area contributed by atoms with Crippen LogP contribution in [0, 0.1) is 12.8 Å². The second-order valence-corrected chi connectivity index (χ2v) is 7.38. The van der Waals surface area contributed by atoms with Gasteiger partial charge in [0.2, 0.25) is 0 Å².